The third-order valence-corrected chi connectivity index (χ3v) is 6.63. The zero-order valence-corrected chi connectivity index (χ0v) is 16.0. The Balaban J connectivity index is 1.75. The number of hydrogen-bond donors (Lipinski definition) is 2. The maximum absolute atomic E-state index is 15.5. The summed E-state index contributed by atoms with van der Waals surface area (Å²) >= 11 is 0. The van der Waals surface area contributed by atoms with E-state index in [4.69, 9.17) is 4.74 Å². The number of halogens is 1. The van der Waals surface area contributed by atoms with E-state index in [0.29, 0.717) is 29.9 Å². The molecular formula is C20H24FN3O4. The van der Waals surface area contributed by atoms with Crippen molar-refractivity contribution in [1.29, 1.82) is 0 Å². The Kier molecular flexibility index (Phi) is 3.69. The van der Waals surface area contributed by atoms with E-state index in [-0.39, 0.29) is 23.1 Å². The smallest absolute Gasteiger partial charge is 0.329 e. The molecule has 28 heavy (non-hydrogen) atoms. The number of nitrogens with zero attached hydrogens (tertiary/aromatic N) is 2. The third kappa shape index (κ3) is 2.43. The quantitative estimate of drug-likeness (QED) is 0.833. The first-order valence-corrected chi connectivity index (χ1v) is 9.87. The number of aryl methyl sites for hydroxylation is 1. The van der Waals surface area contributed by atoms with Gasteiger partial charge in [0.1, 0.15) is 5.39 Å². The summed E-state index contributed by atoms with van der Waals surface area (Å²) in [5.41, 5.74) is -0.309. The largest absolute Gasteiger partial charge is 0.493 e. The zero-order valence-electron chi connectivity index (χ0n) is 16.0. The van der Waals surface area contributed by atoms with Gasteiger partial charge >= 0.3 is 5.69 Å². The van der Waals surface area contributed by atoms with Gasteiger partial charge in [-0.2, -0.15) is 0 Å². The number of H-pyrrole nitrogens is 1. The van der Waals surface area contributed by atoms with Crippen molar-refractivity contribution in [3.63, 3.8) is 0 Å². The van der Waals surface area contributed by atoms with Gasteiger partial charge < -0.3 is 14.7 Å². The van der Waals surface area contributed by atoms with Crippen LogP contribution in [0.15, 0.2) is 9.59 Å². The summed E-state index contributed by atoms with van der Waals surface area (Å²) in [6.45, 7) is 2.94. The Morgan fingerprint density at radius 2 is 1.96 bits per heavy atom. The Bertz CT molecular complexity index is 1100. The Hall–Kier alpha value is -2.35. The van der Waals surface area contributed by atoms with E-state index in [1.165, 1.54) is 7.11 Å². The van der Waals surface area contributed by atoms with Crippen LogP contribution in [0, 0.1) is 18.7 Å². The summed E-state index contributed by atoms with van der Waals surface area (Å²) < 4.78 is 22.4. The molecule has 3 aliphatic rings. The minimum atomic E-state index is -0.631. The highest BCUT2D eigenvalue weighted by atomic mass is 19.1. The predicted octanol–water partition coefficient (Wildman–Crippen LogP) is 1.83. The van der Waals surface area contributed by atoms with Crippen LogP contribution in [-0.2, 0) is 0 Å². The van der Waals surface area contributed by atoms with Gasteiger partial charge in [-0.1, -0.05) is 0 Å². The first-order chi connectivity index (χ1) is 13.4. The minimum absolute atomic E-state index is 0.0204. The van der Waals surface area contributed by atoms with Gasteiger partial charge in [-0.3, -0.25) is 14.3 Å². The Morgan fingerprint density at radius 1 is 1.25 bits per heavy atom. The van der Waals surface area contributed by atoms with Crippen LogP contribution < -0.4 is 20.9 Å². The third-order valence-electron chi connectivity index (χ3n) is 6.63. The number of ether oxygens (including phenoxy) is 1. The summed E-state index contributed by atoms with van der Waals surface area (Å²) in [6, 6.07) is 0.0204. The highest BCUT2D eigenvalue weighted by molar-refractivity contribution is 5.93. The summed E-state index contributed by atoms with van der Waals surface area (Å²) in [7, 11) is 1.34. The molecule has 0 spiro atoms. The van der Waals surface area contributed by atoms with Crippen LogP contribution in [0.3, 0.4) is 0 Å². The molecule has 7 nitrogen and oxygen atoms in total. The van der Waals surface area contributed by atoms with E-state index in [2.05, 4.69) is 4.98 Å². The fourth-order valence-electron chi connectivity index (χ4n) is 4.81. The lowest BCUT2D eigenvalue weighted by molar-refractivity contribution is 0.0922. The molecule has 2 aliphatic carbocycles. The molecule has 1 atom stereocenters. The first kappa shape index (κ1) is 17.7. The average molecular weight is 389 g/mol. The van der Waals surface area contributed by atoms with E-state index in [1.807, 2.05) is 4.90 Å². The van der Waals surface area contributed by atoms with Gasteiger partial charge in [0.15, 0.2) is 11.6 Å². The minimum Gasteiger partial charge on any atom is -0.493 e. The second-order valence-electron chi connectivity index (χ2n) is 8.44. The van der Waals surface area contributed by atoms with Crippen molar-refractivity contribution in [2.24, 2.45) is 5.92 Å². The fourth-order valence-corrected chi connectivity index (χ4v) is 4.81. The molecule has 1 aliphatic heterocycles. The fraction of sp³-hybridized carbons (Fsp3) is 0.600. The van der Waals surface area contributed by atoms with Gasteiger partial charge in [0.2, 0.25) is 0 Å². The van der Waals surface area contributed by atoms with Gasteiger partial charge in [0.25, 0.3) is 5.56 Å². The number of nitrogens with one attached hydrogen (secondary N) is 1. The second-order valence-corrected chi connectivity index (χ2v) is 8.44. The molecule has 1 aromatic carbocycles. The van der Waals surface area contributed by atoms with Crippen LogP contribution in [0.5, 0.6) is 5.75 Å². The standard InChI is InChI=1S/C20H24FN3O4/c1-10-15-13(18(25)22-19(26)24(15)12-3-4-12)17(28-2)14(21)16(10)23-8-5-11(9-23)20(27)6-7-20/h11-12,27H,3-9H2,1-2H3,(H,22,25,26). The lowest BCUT2D eigenvalue weighted by Crippen LogP contribution is -2.32. The molecule has 0 radical (unpaired) electrons. The van der Waals surface area contributed by atoms with Crippen molar-refractivity contribution < 1.29 is 14.2 Å². The van der Waals surface area contributed by atoms with Gasteiger partial charge in [-0.05, 0) is 39.0 Å². The second kappa shape index (κ2) is 5.83. The number of rotatable bonds is 4. The number of aromatic nitrogens is 2. The van der Waals surface area contributed by atoms with Crippen LogP contribution in [0.2, 0.25) is 0 Å². The lowest BCUT2D eigenvalue weighted by atomic mass is 10.00. The van der Waals surface area contributed by atoms with E-state index in [9.17, 15) is 14.7 Å². The molecule has 8 heteroatoms. The average Bonchev–Trinajstić information content (AvgIpc) is 3.57. The van der Waals surface area contributed by atoms with Crippen LogP contribution in [0.25, 0.3) is 10.9 Å². The van der Waals surface area contributed by atoms with Gasteiger partial charge in [-0.25, -0.2) is 9.18 Å². The first-order valence-electron chi connectivity index (χ1n) is 9.87. The van der Waals surface area contributed by atoms with Crippen molar-refractivity contribution in [3.05, 3.63) is 32.2 Å². The van der Waals surface area contributed by atoms with Gasteiger partial charge in [0.05, 0.1) is 23.9 Å². The van der Waals surface area contributed by atoms with Crippen molar-refractivity contribution >= 4 is 16.6 Å². The number of aliphatic hydroxyl groups is 1. The summed E-state index contributed by atoms with van der Waals surface area (Å²) in [6.07, 6.45) is 4.10. The van der Waals surface area contributed by atoms with Crippen molar-refractivity contribution in [3.8, 4) is 5.75 Å². The SMILES string of the molecule is COc1c(F)c(N2CCC(C3(O)CC3)C2)c(C)c2c1c(=O)[nH]c(=O)n2C1CC1. The molecule has 2 saturated carbocycles. The van der Waals surface area contributed by atoms with E-state index in [0.717, 1.165) is 32.1 Å². The molecule has 0 bridgehead atoms. The highest BCUT2D eigenvalue weighted by Crippen LogP contribution is 2.48. The maximum Gasteiger partial charge on any atom is 0.329 e. The molecule has 2 heterocycles. The van der Waals surface area contributed by atoms with Gasteiger partial charge in [0, 0.05) is 30.6 Å². The zero-order chi connectivity index (χ0) is 19.8. The topological polar surface area (TPSA) is 87.6 Å². The van der Waals surface area contributed by atoms with Crippen LogP contribution >= 0.6 is 0 Å². The number of aromatic amines is 1. The summed E-state index contributed by atoms with van der Waals surface area (Å²) in [4.78, 5) is 29.3. The van der Waals surface area contributed by atoms with Crippen molar-refractivity contribution in [2.75, 3.05) is 25.1 Å². The normalized spacial score (nSPS) is 23.4. The predicted molar refractivity (Wildman–Crippen MR) is 103 cm³/mol. The number of anilines is 1. The Morgan fingerprint density at radius 3 is 2.57 bits per heavy atom. The van der Waals surface area contributed by atoms with Gasteiger partial charge in [-0.15, -0.1) is 0 Å². The van der Waals surface area contributed by atoms with Crippen molar-refractivity contribution in [1.82, 2.24) is 9.55 Å². The monoisotopic (exact) mass is 389 g/mol. The van der Waals surface area contributed by atoms with Crippen LogP contribution in [-0.4, -0.2) is 40.5 Å². The molecule has 1 unspecified atom stereocenters. The summed E-state index contributed by atoms with van der Waals surface area (Å²) in [5, 5.41) is 10.6. The molecule has 1 aromatic heterocycles. The Labute approximate surface area is 160 Å². The maximum atomic E-state index is 15.5. The molecule has 1 saturated heterocycles. The van der Waals surface area contributed by atoms with Crippen LogP contribution in [0.1, 0.15) is 43.7 Å². The van der Waals surface area contributed by atoms with E-state index < -0.39 is 22.7 Å². The molecule has 150 valence electrons. The molecular weight excluding hydrogens is 365 g/mol. The highest BCUT2D eigenvalue weighted by Gasteiger charge is 2.50. The van der Waals surface area contributed by atoms with E-state index in [1.54, 1.807) is 11.5 Å². The molecule has 2 N–H and O–H groups in total. The summed E-state index contributed by atoms with van der Waals surface area (Å²) in [5.74, 6) is -0.597. The van der Waals surface area contributed by atoms with E-state index >= 15 is 4.39 Å². The van der Waals surface area contributed by atoms with Crippen molar-refractivity contribution in [2.45, 2.75) is 50.7 Å². The number of hydrogen-bond acceptors (Lipinski definition) is 5. The number of methoxy groups -OCH3 is 1. The van der Waals surface area contributed by atoms with Crippen LogP contribution in [0.4, 0.5) is 10.1 Å². The number of benzene rings is 1. The molecule has 2 aromatic rings. The number of fused-ring (bicyclic) bond motifs is 1. The molecule has 0 amide bonds. The molecule has 5 rings (SSSR count). The lowest BCUT2D eigenvalue weighted by Gasteiger charge is -2.26. The molecule has 3 fully saturated rings.